The van der Waals surface area contributed by atoms with Crippen LogP contribution in [0.2, 0.25) is 0 Å². The summed E-state index contributed by atoms with van der Waals surface area (Å²) in [5.74, 6) is -4.40. The van der Waals surface area contributed by atoms with Crippen LogP contribution in [-0.4, -0.2) is 0 Å². The van der Waals surface area contributed by atoms with Gasteiger partial charge in [0.1, 0.15) is 11.1 Å². The summed E-state index contributed by atoms with van der Waals surface area (Å²) >= 11 is 0. The first-order chi connectivity index (χ1) is 14.2. The predicted octanol–water partition coefficient (Wildman–Crippen LogP) is 5.60. The molecule has 0 aliphatic rings. The van der Waals surface area contributed by atoms with Gasteiger partial charge in [0.05, 0.1) is 0 Å². The minimum atomic E-state index is -1.64. The van der Waals surface area contributed by atoms with Crippen molar-refractivity contribution in [2.45, 2.75) is 0 Å². The second-order valence-electron chi connectivity index (χ2n) is 5.76. The van der Waals surface area contributed by atoms with Crippen molar-refractivity contribution >= 4 is 0 Å². The molecular weight excluding hydrogens is 416 g/mol. The molecule has 0 aliphatic heterocycles. The molecule has 3 rings (SSSR count). The minimum Gasteiger partial charge on any atom is -0.204 e. The van der Waals surface area contributed by atoms with Gasteiger partial charge in [-0.05, 0) is 24.3 Å². The van der Waals surface area contributed by atoms with Gasteiger partial charge in [0.25, 0.3) is 0 Å². The molecule has 0 saturated heterocycles. The second-order valence-corrected chi connectivity index (χ2v) is 5.76. The fraction of sp³-hybridized carbons (Fsp3) is 0. The molecule has 0 spiro atoms. The van der Waals surface area contributed by atoms with Crippen LogP contribution in [0.5, 0.6) is 0 Å². The van der Waals surface area contributed by atoms with E-state index in [2.05, 4.69) is 11.8 Å². The number of halogens is 8. The molecule has 0 heterocycles. The molecule has 30 heavy (non-hydrogen) atoms. The molecule has 0 radical (unpaired) electrons. The van der Waals surface area contributed by atoms with Crippen LogP contribution < -0.4 is 0 Å². The van der Waals surface area contributed by atoms with Crippen molar-refractivity contribution in [2.75, 3.05) is 0 Å². The molecule has 0 aromatic heterocycles. The van der Waals surface area contributed by atoms with Crippen molar-refractivity contribution in [3.8, 4) is 23.7 Å². The Balaban J connectivity index is 1.90. The summed E-state index contributed by atoms with van der Waals surface area (Å²) in [6, 6.07) is 5.28. The lowest BCUT2D eigenvalue weighted by Gasteiger charge is -2.00. The van der Waals surface area contributed by atoms with Gasteiger partial charge in [-0.1, -0.05) is 23.7 Å². The van der Waals surface area contributed by atoms with Gasteiger partial charge in [-0.15, -0.1) is 0 Å². The molecule has 0 atom stereocenters. The molecule has 0 amide bonds. The van der Waals surface area contributed by atoms with Gasteiger partial charge in [0.2, 0.25) is 0 Å². The van der Waals surface area contributed by atoms with Crippen LogP contribution in [0.15, 0.2) is 36.4 Å². The van der Waals surface area contributed by atoms with Crippen molar-refractivity contribution in [1.82, 2.24) is 0 Å². The van der Waals surface area contributed by atoms with E-state index in [4.69, 9.17) is 0 Å². The van der Waals surface area contributed by atoms with Crippen LogP contribution in [0.3, 0.4) is 0 Å². The molecule has 3 aromatic rings. The number of benzene rings is 3. The van der Waals surface area contributed by atoms with E-state index in [1.165, 1.54) is 24.3 Å². The Morgan fingerprint density at radius 3 is 0.933 bits per heavy atom. The highest BCUT2D eigenvalue weighted by molar-refractivity contribution is 5.49. The highest BCUT2D eigenvalue weighted by Crippen LogP contribution is 2.19. The maximum absolute atomic E-state index is 13.6. The van der Waals surface area contributed by atoms with Gasteiger partial charge in [-0.25, -0.2) is 35.1 Å². The van der Waals surface area contributed by atoms with Crippen molar-refractivity contribution in [1.29, 1.82) is 0 Å². The van der Waals surface area contributed by atoms with Crippen molar-refractivity contribution < 1.29 is 35.1 Å². The summed E-state index contributed by atoms with van der Waals surface area (Å²) < 4.78 is 107. The van der Waals surface area contributed by atoms with E-state index in [9.17, 15) is 35.1 Å². The third-order valence-corrected chi connectivity index (χ3v) is 3.77. The van der Waals surface area contributed by atoms with E-state index >= 15 is 0 Å². The zero-order chi connectivity index (χ0) is 22.0. The maximum Gasteiger partial charge on any atom is 0.177 e. The SMILES string of the molecule is Fc1cc(F)c(F)c(C#Cc2ccc(C#Cc3c(F)c(F)cc(F)c3F)cc2)c1F. The van der Waals surface area contributed by atoms with E-state index in [0.29, 0.717) is 0 Å². The van der Waals surface area contributed by atoms with Crippen LogP contribution in [0, 0.1) is 70.2 Å². The highest BCUT2D eigenvalue weighted by Gasteiger charge is 2.18. The molecule has 0 unspecified atom stereocenters. The third kappa shape index (κ3) is 4.13. The van der Waals surface area contributed by atoms with E-state index < -0.39 is 57.7 Å². The Kier molecular flexibility index (Phi) is 5.79. The molecule has 0 bridgehead atoms. The first kappa shape index (κ1) is 20.9. The first-order valence-electron chi connectivity index (χ1n) is 7.99. The fourth-order valence-electron chi connectivity index (χ4n) is 2.27. The molecule has 0 aliphatic carbocycles. The van der Waals surface area contributed by atoms with Crippen molar-refractivity contribution in [3.63, 3.8) is 0 Å². The number of rotatable bonds is 0. The lowest BCUT2D eigenvalue weighted by atomic mass is 10.1. The Hall–Kier alpha value is -3.78. The zero-order valence-electron chi connectivity index (χ0n) is 14.5. The van der Waals surface area contributed by atoms with E-state index in [-0.39, 0.29) is 23.3 Å². The Labute approximate surface area is 164 Å². The summed E-state index contributed by atoms with van der Waals surface area (Å²) in [6.07, 6.45) is 0. The highest BCUT2D eigenvalue weighted by atomic mass is 19.2. The summed E-state index contributed by atoms with van der Waals surface area (Å²) in [7, 11) is 0. The molecule has 0 saturated carbocycles. The third-order valence-electron chi connectivity index (χ3n) is 3.77. The average Bonchev–Trinajstić information content (AvgIpc) is 2.72. The molecule has 3 aromatic carbocycles. The maximum atomic E-state index is 13.6. The summed E-state index contributed by atoms with van der Waals surface area (Å²) in [5.41, 5.74) is -1.85. The largest absolute Gasteiger partial charge is 0.204 e. The van der Waals surface area contributed by atoms with Gasteiger partial charge in [-0.2, -0.15) is 0 Å². The quantitative estimate of drug-likeness (QED) is 0.251. The molecule has 0 fully saturated rings. The van der Waals surface area contributed by atoms with Crippen LogP contribution in [0.4, 0.5) is 35.1 Å². The minimum absolute atomic E-state index is 0.0550. The average molecular weight is 422 g/mol. The monoisotopic (exact) mass is 422 g/mol. The molecule has 0 N–H and O–H groups in total. The van der Waals surface area contributed by atoms with Gasteiger partial charge in [0.15, 0.2) is 46.5 Å². The van der Waals surface area contributed by atoms with Crippen LogP contribution in [0.1, 0.15) is 22.3 Å². The lowest BCUT2D eigenvalue weighted by Crippen LogP contribution is -1.99. The van der Waals surface area contributed by atoms with Crippen LogP contribution in [-0.2, 0) is 0 Å². The first-order valence-corrected chi connectivity index (χ1v) is 7.99. The lowest BCUT2D eigenvalue weighted by molar-refractivity contribution is 0.450. The zero-order valence-corrected chi connectivity index (χ0v) is 14.5. The summed E-state index contributed by atoms with van der Waals surface area (Å²) in [6.45, 7) is 0. The van der Waals surface area contributed by atoms with E-state index in [1.54, 1.807) is 0 Å². The number of hydrogen-bond acceptors (Lipinski definition) is 0. The molecule has 8 heteroatoms. The van der Waals surface area contributed by atoms with Gasteiger partial charge >= 0.3 is 0 Å². The van der Waals surface area contributed by atoms with Crippen molar-refractivity contribution in [2.24, 2.45) is 0 Å². The molecular formula is C22H6F8. The van der Waals surface area contributed by atoms with Gasteiger partial charge < -0.3 is 0 Å². The summed E-state index contributed by atoms with van der Waals surface area (Å²) in [4.78, 5) is 0. The number of hydrogen-bond donors (Lipinski definition) is 0. The van der Waals surface area contributed by atoms with Gasteiger partial charge in [-0.3, -0.25) is 0 Å². The molecule has 0 nitrogen and oxygen atoms in total. The Bertz CT molecular complexity index is 1120. The smallest absolute Gasteiger partial charge is 0.177 e. The predicted molar refractivity (Wildman–Crippen MR) is 91.0 cm³/mol. The van der Waals surface area contributed by atoms with Gasteiger partial charge in [0, 0.05) is 23.3 Å². The van der Waals surface area contributed by atoms with Crippen LogP contribution >= 0.6 is 0 Å². The summed E-state index contributed by atoms with van der Waals surface area (Å²) in [5, 5.41) is 0. The van der Waals surface area contributed by atoms with E-state index in [0.717, 1.165) is 0 Å². The topological polar surface area (TPSA) is 0 Å². The second kappa shape index (κ2) is 8.30. The normalized spacial score (nSPS) is 10.1. The Morgan fingerprint density at radius 2 is 0.667 bits per heavy atom. The van der Waals surface area contributed by atoms with E-state index in [1.807, 2.05) is 11.8 Å². The molecule has 150 valence electrons. The van der Waals surface area contributed by atoms with Crippen LogP contribution in [0.25, 0.3) is 0 Å². The standard InChI is InChI=1S/C22H6F8/c23-15-9-16(24)20(28)13(19(15)27)7-5-11-1-2-12(4-3-11)6-8-14-21(29)17(25)10-18(26)22(14)30/h1-4,9-10H. The van der Waals surface area contributed by atoms with Crippen molar-refractivity contribution in [3.05, 3.63) is 105 Å². The Morgan fingerprint density at radius 1 is 0.400 bits per heavy atom. The fourth-order valence-corrected chi connectivity index (χ4v) is 2.27.